The summed E-state index contributed by atoms with van der Waals surface area (Å²) < 4.78 is 11.8. The molecule has 1 heterocycles. The molecule has 1 aliphatic rings. The molecule has 2 aromatic rings. The zero-order chi connectivity index (χ0) is 20.1. The Hall–Kier alpha value is -2.20. The van der Waals surface area contributed by atoms with Crippen LogP contribution in [0.5, 0.6) is 5.75 Å². The number of amides is 1. The van der Waals surface area contributed by atoms with Crippen molar-refractivity contribution in [1.82, 2.24) is 4.90 Å². The first kappa shape index (κ1) is 20.5. The second-order valence-corrected chi connectivity index (χ2v) is 7.72. The van der Waals surface area contributed by atoms with Crippen molar-refractivity contribution in [3.63, 3.8) is 0 Å². The van der Waals surface area contributed by atoms with Crippen LogP contribution in [0.15, 0.2) is 42.5 Å². The minimum absolute atomic E-state index is 0.0324. The fraction of sp³-hybridized carbons (Fsp3) is 0.350. The van der Waals surface area contributed by atoms with E-state index in [1.807, 2.05) is 46.9 Å². The third-order valence-corrected chi connectivity index (χ3v) is 5.62. The van der Waals surface area contributed by atoms with Gasteiger partial charge in [0.05, 0.1) is 23.7 Å². The molecule has 1 aliphatic heterocycles. The van der Waals surface area contributed by atoms with E-state index in [1.54, 1.807) is 18.1 Å². The summed E-state index contributed by atoms with van der Waals surface area (Å²) in [5.41, 5.74) is 1.10. The van der Waals surface area contributed by atoms with Crippen LogP contribution in [-0.2, 0) is 11.3 Å². The second kappa shape index (κ2) is 9.33. The molecule has 1 unspecified atom stereocenters. The van der Waals surface area contributed by atoms with E-state index in [9.17, 15) is 14.9 Å². The van der Waals surface area contributed by atoms with Crippen molar-refractivity contribution in [2.75, 3.05) is 20.3 Å². The van der Waals surface area contributed by atoms with Crippen molar-refractivity contribution in [3.8, 4) is 5.75 Å². The summed E-state index contributed by atoms with van der Waals surface area (Å²) in [6, 6.07) is 11.9. The predicted molar refractivity (Wildman–Crippen MR) is 113 cm³/mol. The Morgan fingerprint density at radius 2 is 2.14 bits per heavy atom. The SMILES string of the molecule is COc1ccccc1CN(CC1CCCO1)C(=O)c1cc([N+](=O)[O-])ccc1I. The van der Waals surface area contributed by atoms with E-state index in [4.69, 9.17) is 9.47 Å². The summed E-state index contributed by atoms with van der Waals surface area (Å²) in [5.74, 6) is 0.441. The van der Waals surface area contributed by atoms with E-state index in [0.29, 0.717) is 34.6 Å². The number of nitrogens with zero attached hydrogens (tertiary/aromatic N) is 2. The smallest absolute Gasteiger partial charge is 0.270 e. The first-order valence-corrected chi connectivity index (χ1v) is 10.0. The largest absolute Gasteiger partial charge is 0.496 e. The number of hydrogen-bond acceptors (Lipinski definition) is 5. The summed E-state index contributed by atoms with van der Waals surface area (Å²) in [6.07, 6.45) is 1.83. The van der Waals surface area contributed by atoms with Crippen LogP contribution in [0.3, 0.4) is 0 Å². The summed E-state index contributed by atoms with van der Waals surface area (Å²) in [7, 11) is 1.59. The van der Waals surface area contributed by atoms with Crippen LogP contribution < -0.4 is 4.74 Å². The van der Waals surface area contributed by atoms with Crippen LogP contribution >= 0.6 is 22.6 Å². The highest BCUT2D eigenvalue weighted by Crippen LogP contribution is 2.25. The van der Waals surface area contributed by atoms with Crippen LogP contribution in [0.2, 0.25) is 0 Å². The fourth-order valence-corrected chi connectivity index (χ4v) is 3.82. The van der Waals surface area contributed by atoms with Crippen molar-refractivity contribution in [2.24, 2.45) is 0 Å². The Balaban J connectivity index is 1.92. The van der Waals surface area contributed by atoms with Crippen LogP contribution in [0.1, 0.15) is 28.8 Å². The van der Waals surface area contributed by atoms with Gasteiger partial charge in [-0.3, -0.25) is 14.9 Å². The van der Waals surface area contributed by atoms with Crippen LogP contribution in [0.4, 0.5) is 5.69 Å². The molecule has 3 rings (SSSR count). The van der Waals surface area contributed by atoms with E-state index in [1.165, 1.54) is 12.1 Å². The maximum absolute atomic E-state index is 13.3. The standard InChI is InChI=1S/C20H21IN2O5/c1-27-19-7-3-2-5-14(19)12-22(13-16-6-4-10-28-16)20(24)17-11-15(23(25)26)8-9-18(17)21/h2-3,5,7-9,11,16H,4,6,10,12-13H2,1H3. The number of non-ortho nitro benzene ring substituents is 1. The van der Waals surface area contributed by atoms with Gasteiger partial charge in [-0.05, 0) is 47.6 Å². The number of methoxy groups -OCH3 is 1. The molecule has 0 bridgehead atoms. The van der Waals surface area contributed by atoms with Gasteiger partial charge in [-0.15, -0.1) is 0 Å². The zero-order valence-electron chi connectivity index (χ0n) is 15.5. The fourth-order valence-electron chi connectivity index (χ4n) is 3.25. The molecule has 0 aromatic heterocycles. The Bertz CT molecular complexity index is 867. The number of benzene rings is 2. The molecule has 1 saturated heterocycles. The second-order valence-electron chi connectivity index (χ2n) is 6.55. The van der Waals surface area contributed by atoms with E-state index in [0.717, 1.165) is 18.4 Å². The lowest BCUT2D eigenvalue weighted by atomic mass is 10.1. The van der Waals surface area contributed by atoms with Crippen molar-refractivity contribution < 1.29 is 19.2 Å². The highest BCUT2D eigenvalue weighted by atomic mass is 127. The average Bonchev–Trinajstić information content (AvgIpc) is 3.20. The quantitative estimate of drug-likeness (QED) is 0.329. The Kier molecular flexibility index (Phi) is 6.84. The van der Waals surface area contributed by atoms with Crippen molar-refractivity contribution >= 4 is 34.2 Å². The Morgan fingerprint density at radius 3 is 2.82 bits per heavy atom. The summed E-state index contributed by atoms with van der Waals surface area (Å²) in [6.45, 7) is 1.45. The minimum Gasteiger partial charge on any atom is -0.496 e. The van der Waals surface area contributed by atoms with Crippen LogP contribution in [0, 0.1) is 13.7 Å². The molecular weight excluding hydrogens is 475 g/mol. The third-order valence-electron chi connectivity index (χ3n) is 4.68. The number of hydrogen-bond donors (Lipinski definition) is 0. The molecule has 148 valence electrons. The molecule has 7 nitrogen and oxygen atoms in total. The number of ether oxygens (including phenoxy) is 2. The Labute approximate surface area is 176 Å². The highest BCUT2D eigenvalue weighted by Gasteiger charge is 2.26. The van der Waals surface area contributed by atoms with Gasteiger partial charge in [-0.25, -0.2) is 0 Å². The molecule has 0 N–H and O–H groups in total. The van der Waals surface area contributed by atoms with Gasteiger partial charge in [0.15, 0.2) is 0 Å². The van der Waals surface area contributed by atoms with Gasteiger partial charge < -0.3 is 14.4 Å². The van der Waals surface area contributed by atoms with E-state index in [-0.39, 0.29) is 17.7 Å². The maximum Gasteiger partial charge on any atom is 0.270 e. The van der Waals surface area contributed by atoms with Crippen molar-refractivity contribution in [3.05, 3.63) is 67.3 Å². The van der Waals surface area contributed by atoms with Gasteiger partial charge in [0.1, 0.15) is 5.75 Å². The van der Waals surface area contributed by atoms with Gasteiger partial charge in [-0.1, -0.05) is 18.2 Å². The lowest BCUT2D eigenvalue weighted by Crippen LogP contribution is -2.37. The summed E-state index contributed by atoms with van der Waals surface area (Å²) >= 11 is 2.03. The number of carbonyl (C=O) groups is 1. The van der Waals surface area contributed by atoms with Gasteiger partial charge >= 0.3 is 0 Å². The lowest BCUT2D eigenvalue weighted by molar-refractivity contribution is -0.384. The highest BCUT2D eigenvalue weighted by molar-refractivity contribution is 14.1. The van der Waals surface area contributed by atoms with Crippen LogP contribution in [0.25, 0.3) is 0 Å². The number of rotatable bonds is 7. The van der Waals surface area contributed by atoms with Crippen molar-refractivity contribution in [2.45, 2.75) is 25.5 Å². The molecule has 0 radical (unpaired) electrons. The number of para-hydroxylation sites is 1. The molecule has 0 saturated carbocycles. The van der Waals surface area contributed by atoms with Gasteiger partial charge in [0.25, 0.3) is 11.6 Å². The summed E-state index contributed by atoms with van der Waals surface area (Å²) in [4.78, 5) is 25.7. The van der Waals surface area contributed by atoms with Gasteiger partial charge in [0, 0.05) is 41.0 Å². The molecule has 28 heavy (non-hydrogen) atoms. The molecule has 1 amide bonds. The normalized spacial score (nSPS) is 16.0. The zero-order valence-corrected chi connectivity index (χ0v) is 17.6. The summed E-state index contributed by atoms with van der Waals surface area (Å²) in [5, 5.41) is 11.2. The number of nitro groups is 1. The third kappa shape index (κ3) is 4.79. The molecule has 0 aliphatic carbocycles. The molecular formula is C20H21IN2O5. The average molecular weight is 496 g/mol. The first-order chi connectivity index (χ1) is 13.5. The monoisotopic (exact) mass is 496 g/mol. The molecule has 2 aromatic carbocycles. The van der Waals surface area contributed by atoms with Crippen LogP contribution in [-0.4, -0.2) is 42.1 Å². The van der Waals surface area contributed by atoms with Crippen molar-refractivity contribution in [1.29, 1.82) is 0 Å². The number of carbonyl (C=O) groups excluding carboxylic acids is 1. The topological polar surface area (TPSA) is 81.9 Å². The first-order valence-electron chi connectivity index (χ1n) is 8.96. The van der Waals surface area contributed by atoms with Gasteiger partial charge in [0.2, 0.25) is 0 Å². The molecule has 1 fully saturated rings. The predicted octanol–water partition coefficient (Wildman–Crippen LogP) is 4.03. The molecule has 8 heteroatoms. The lowest BCUT2D eigenvalue weighted by Gasteiger charge is -2.26. The maximum atomic E-state index is 13.3. The Morgan fingerprint density at radius 1 is 1.36 bits per heavy atom. The molecule has 1 atom stereocenters. The van der Waals surface area contributed by atoms with Gasteiger partial charge in [-0.2, -0.15) is 0 Å². The van der Waals surface area contributed by atoms with E-state index in [2.05, 4.69) is 0 Å². The van der Waals surface area contributed by atoms with E-state index >= 15 is 0 Å². The van der Waals surface area contributed by atoms with E-state index < -0.39 is 4.92 Å². The molecule has 0 spiro atoms. The minimum atomic E-state index is -0.489. The number of halogens is 1. The number of nitro benzene ring substituents is 1.